The molecule has 0 saturated carbocycles. The van der Waals surface area contributed by atoms with Gasteiger partial charge in [-0.2, -0.15) is 0 Å². The minimum Gasteiger partial charge on any atom is -0.432 e. The van der Waals surface area contributed by atoms with Gasteiger partial charge in [0.05, 0.1) is 31.4 Å². The molecule has 4 aromatic carbocycles. The zero-order valence-electron chi connectivity index (χ0n) is 28.1. The number of benzene rings is 4. The minimum atomic E-state index is -3.05. The van der Waals surface area contributed by atoms with E-state index < -0.39 is 31.5 Å². The number of fused-ring (bicyclic) bond motifs is 2. The predicted octanol–water partition coefficient (Wildman–Crippen LogP) is 5.69. The Kier molecular flexibility index (Phi) is 9.85. The van der Waals surface area contributed by atoms with Gasteiger partial charge < -0.3 is 29.8 Å². The largest absolute Gasteiger partial charge is 0.432 e. The molecule has 1 spiro atoms. The number of ether oxygens (including phenoxy) is 1. The van der Waals surface area contributed by atoms with Gasteiger partial charge in [-0.3, -0.25) is 14.4 Å². The van der Waals surface area contributed by atoms with E-state index >= 15 is 0 Å². The van der Waals surface area contributed by atoms with Gasteiger partial charge in [-0.1, -0.05) is 85.8 Å². The number of aliphatic hydroxyl groups is 1. The Morgan fingerprint density at radius 2 is 1.53 bits per heavy atom. The molecule has 6 rings (SSSR count). The zero-order chi connectivity index (χ0) is 34.8. The second kappa shape index (κ2) is 14.1. The van der Waals surface area contributed by atoms with Crippen LogP contribution in [0.5, 0.6) is 0 Å². The molecular formula is C39H43N3O6Si. The molecule has 4 aromatic rings. The molecule has 9 nitrogen and oxygen atoms in total. The molecule has 1 fully saturated rings. The Bertz CT molecular complexity index is 1800. The van der Waals surface area contributed by atoms with Crippen molar-refractivity contribution in [3.63, 3.8) is 0 Å². The second-order valence-corrected chi connectivity index (χ2v) is 17.5. The number of carbonyl (C=O) groups is 3. The van der Waals surface area contributed by atoms with Gasteiger partial charge in [-0.25, -0.2) is 0 Å². The van der Waals surface area contributed by atoms with Gasteiger partial charge in [0.15, 0.2) is 13.9 Å². The third-order valence-corrected chi connectivity index (χ3v) is 12.3. The van der Waals surface area contributed by atoms with Gasteiger partial charge in [0.1, 0.15) is 0 Å². The summed E-state index contributed by atoms with van der Waals surface area (Å²) in [5.74, 6) is -1.27. The number of amides is 3. The van der Waals surface area contributed by atoms with Crippen molar-refractivity contribution >= 4 is 37.4 Å². The van der Waals surface area contributed by atoms with Crippen molar-refractivity contribution in [1.82, 2.24) is 4.90 Å². The molecule has 2 aliphatic heterocycles. The maximum absolute atomic E-state index is 14.9. The molecule has 10 heteroatoms. The lowest BCUT2D eigenvalue weighted by molar-refractivity contribution is -0.150. The van der Waals surface area contributed by atoms with Crippen LogP contribution in [0.15, 0.2) is 109 Å². The van der Waals surface area contributed by atoms with Crippen LogP contribution in [0.4, 0.5) is 11.4 Å². The third-order valence-electron chi connectivity index (χ3n) is 9.78. The summed E-state index contributed by atoms with van der Waals surface area (Å²) >= 11 is 0. The summed E-state index contributed by atoms with van der Waals surface area (Å²) in [5, 5.41) is 12.8. The average molecular weight is 678 g/mol. The Hall–Kier alpha value is -4.61. The average Bonchev–Trinajstić information content (AvgIpc) is 3.51. The van der Waals surface area contributed by atoms with Gasteiger partial charge in [0.2, 0.25) is 5.91 Å². The maximum atomic E-state index is 14.9. The van der Waals surface area contributed by atoms with E-state index in [0.717, 1.165) is 11.1 Å². The van der Waals surface area contributed by atoms with Gasteiger partial charge in [0, 0.05) is 41.4 Å². The Morgan fingerprint density at radius 3 is 2.14 bits per heavy atom. The molecule has 0 aromatic heterocycles. The fraction of sp³-hybridized carbons (Fsp3) is 0.308. The van der Waals surface area contributed by atoms with Gasteiger partial charge in [0.25, 0.3) is 11.8 Å². The number of nitrogens with zero attached hydrogens (tertiary/aromatic N) is 2. The summed E-state index contributed by atoms with van der Waals surface area (Å²) in [4.78, 5) is 57.0. The third kappa shape index (κ3) is 6.82. The molecule has 3 amide bonds. The first-order chi connectivity index (χ1) is 23.5. The van der Waals surface area contributed by atoms with E-state index in [1.807, 2.05) is 92.8 Å². The van der Waals surface area contributed by atoms with E-state index in [-0.39, 0.29) is 37.3 Å². The highest BCUT2D eigenvalue weighted by Crippen LogP contribution is 2.60. The van der Waals surface area contributed by atoms with Crippen LogP contribution in [0.2, 0.25) is 18.6 Å². The van der Waals surface area contributed by atoms with E-state index in [1.54, 1.807) is 46.2 Å². The van der Waals surface area contributed by atoms with Crippen LogP contribution in [0.3, 0.4) is 0 Å². The lowest BCUT2D eigenvalue weighted by Gasteiger charge is -2.32. The Morgan fingerprint density at radius 1 is 0.918 bits per heavy atom. The molecule has 0 unspecified atom stereocenters. The topological polar surface area (TPSA) is 119 Å². The number of rotatable bonds is 11. The van der Waals surface area contributed by atoms with E-state index in [2.05, 4.69) is 5.32 Å². The Balaban J connectivity index is 1.38. The molecule has 254 valence electrons. The number of nitrogens with one attached hydrogen (secondary N) is 1. The fourth-order valence-electron chi connectivity index (χ4n) is 7.59. The molecule has 49 heavy (non-hydrogen) atoms. The van der Waals surface area contributed by atoms with Crippen LogP contribution < -0.4 is 10.2 Å². The van der Waals surface area contributed by atoms with Gasteiger partial charge in [-0.15, -0.1) is 0 Å². The SMILES string of the molecule is C[C@H]1[C@H]([Si](C)(C)O)[C@@H](CC(=O)N(CCO)Cc2ccccc2)O[C@]12C(=O)N(Cc1ccccc1)c1ccc(NC(=O)c3ccccc3)cc12. The number of aliphatic hydroxyl groups excluding tert-OH is 1. The molecule has 3 N–H and O–H groups in total. The molecule has 0 bridgehead atoms. The monoisotopic (exact) mass is 677 g/mol. The van der Waals surface area contributed by atoms with Crippen molar-refractivity contribution in [3.8, 4) is 0 Å². The summed E-state index contributed by atoms with van der Waals surface area (Å²) in [6.45, 7) is 6.13. The first kappa shape index (κ1) is 34.3. The van der Waals surface area contributed by atoms with Crippen molar-refractivity contribution in [2.24, 2.45) is 5.92 Å². The number of carbonyl (C=O) groups excluding carboxylic acids is 3. The molecule has 4 atom stereocenters. The van der Waals surface area contributed by atoms with E-state index in [0.29, 0.717) is 35.6 Å². The molecule has 0 radical (unpaired) electrons. The number of hydrogen-bond acceptors (Lipinski definition) is 6. The lowest BCUT2D eigenvalue weighted by Crippen LogP contribution is -2.46. The van der Waals surface area contributed by atoms with Crippen molar-refractivity contribution in [1.29, 1.82) is 0 Å². The highest BCUT2D eigenvalue weighted by Gasteiger charge is 2.66. The van der Waals surface area contributed by atoms with E-state index in [4.69, 9.17) is 4.74 Å². The van der Waals surface area contributed by atoms with Crippen molar-refractivity contribution in [3.05, 3.63) is 131 Å². The van der Waals surface area contributed by atoms with Crippen LogP contribution in [0, 0.1) is 5.92 Å². The second-order valence-electron chi connectivity index (χ2n) is 13.5. The summed E-state index contributed by atoms with van der Waals surface area (Å²) in [5.41, 5.74) is 2.16. The van der Waals surface area contributed by atoms with Crippen molar-refractivity contribution in [2.75, 3.05) is 23.4 Å². The highest BCUT2D eigenvalue weighted by molar-refractivity contribution is 6.71. The quantitative estimate of drug-likeness (QED) is 0.176. The van der Waals surface area contributed by atoms with Crippen molar-refractivity contribution < 1.29 is 29.0 Å². The van der Waals surface area contributed by atoms with Gasteiger partial charge >= 0.3 is 0 Å². The molecular weight excluding hydrogens is 635 g/mol. The van der Waals surface area contributed by atoms with Crippen LogP contribution in [0.1, 0.15) is 40.4 Å². The minimum absolute atomic E-state index is 0.0632. The Labute approximate surface area is 288 Å². The summed E-state index contributed by atoms with van der Waals surface area (Å²) in [7, 11) is -3.05. The normalized spacial score (nSPS) is 21.5. The molecule has 2 aliphatic rings. The molecule has 1 saturated heterocycles. The lowest BCUT2D eigenvalue weighted by atomic mass is 9.82. The van der Waals surface area contributed by atoms with E-state index in [9.17, 15) is 24.3 Å². The fourth-order valence-corrected chi connectivity index (χ4v) is 10.1. The smallest absolute Gasteiger partial charge is 0.264 e. The number of hydrogen-bond donors (Lipinski definition) is 3. The first-order valence-corrected chi connectivity index (χ1v) is 19.7. The number of anilines is 2. The van der Waals surface area contributed by atoms with Crippen molar-refractivity contribution in [2.45, 2.75) is 56.8 Å². The zero-order valence-corrected chi connectivity index (χ0v) is 29.1. The van der Waals surface area contributed by atoms with Crippen LogP contribution in [0.25, 0.3) is 0 Å². The highest BCUT2D eigenvalue weighted by atomic mass is 28.4. The predicted molar refractivity (Wildman–Crippen MR) is 191 cm³/mol. The summed E-state index contributed by atoms with van der Waals surface area (Å²) < 4.78 is 6.92. The summed E-state index contributed by atoms with van der Waals surface area (Å²) in [6.07, 6.45) is -0.825. The first-order valence-electron chi connectivity index (χ1n) is 16.7. The van der Waals surface area contributed by atoms with E-state index in [1.165, 1.54) is 0 Å². The van der Waals surface area contributed by atoms with Gasteiger partial charge in [-0.05, 0) is 54.6 Å². The van der Waals surface area contributed by atoms with Crippen LogP contribution in [-0.2, 0) is 33.0 Å². The summed E-state index contributed by atoms with van der Waals surface area (Å²) in [6, 6.07) is 33.6. The molecule has 2 heterocycles. The van der Waals surface area contributed by atoms with Crippen LogP contribution in [-0.4, -0.2) is 60.1 Å². The van der Waals surface area contributed by atoms with Crippen LogP contribution >= 0.6 is 0 Å². The molecule has 0 aliphatic carbocycles. The standard InChI is InChI=1S/C39H43N3O6Si/c1-27-36(49(2,3)47)34(24-35(44)41(21-22-43)25-28-13-7-4-8-14-28)48-39(27)32-23-31(40-37(45)30-17-11-6-12-18-30)19-20-33(32)42(38(39)46)26-29-15-9-5-10-16-29/h4-20,23,27,34,36,43,47H,21-22,24-26H2,1-3H3,(H,40,45)/t27-,34+,36-,39+/m0/s1. The maximum Gasteiger partial charge on any atom is 0.264 e.